The highest BCUT2D eigenvalue weighted by Gasteiger charge is 2.24. The van der Waals surface area contributed by atoms with Crippen molar-refractivity contribution in [1.29, 1.82) is 0 Å². The summed E-state index contributed by atoms with van der Waals surface area (Å²) in [6.45, 7) is 1.90. The molecule has 2 aromatic carbocycles. The normalized spacial score (nSPS) is 12.1. The average molecular weight is 428 g/mol. The Bertz CT molecular complexity index is 1200. The molecule has 0 saturated carbocycles. The van der Waals surface area contributed by atoms with Gasteiger partial charge in [-0.25, -0.2) is 9.37 Å². The lowest BCUT2D eigenvalue weighted by molar-refractivity contribution is 0.471. The van der Waals surface area contributed by atoms with Crippen molar-refractivity contribution in [2.24, 2.45) is 0 Å². The molecule has 1 unspecified atom stereocenters. The van der Waals surface area contributed by atoms with Gasteiger partial charge in [-0.05, 0) is 42.3 Å². The van der Waals surface area contributed by atoms with E-state index in [2.05, 4.69) is 15.3 Å². The van der Waals surface area contributed by atoms with Crippen molar-refractivity contribution < 1.29 is 9.50 Å². The summed E-state index contributed by atoms with van der Waals surface area (Å²) in [6.07, 6.45) is 2.73. The smallest absolute Gasteiger partial charge is 0.147 e. The second-order valence-corrected chi connectivity index (χ2v) is 7.45. The zero-order chi connectivity index (χ0) is 20.5. The number of hydrogen-bond donors (Lipinski definition) is 2. The van der Waals surface area contributed by atoms with Gasteiger partial charge in [0.15, 0.2) is 0 Å². The van der Waals surface area contributed by atoms with Crippen LogP contribution in [0.25, 0.3) is 10.9 Å². The maximum Gasteiger partial charge on any atom is 0.147 e. The molecule has 0 radical (unpaired) electrons. The first-order valence-electron chi connectivity index (χ1n) is 8.84. The fraction of sp³-hybridized carbons (Fsp3) is 0.0909. The van der Waals surface area contributed by atoms with Crippen LogP contribution in [0, 0.1) is 12.7 Å². The molecule has 2 heterocycles. The topological polar surface area (TPSA) is 58.0 Å². The number of fused-ring (bicyclic) bond motifs is 1. The minimum absolute atomic E-state index is 0.0245. The third-order valence-electron chi connectivity index (χ3n) is 4.62. The first-order valence-corrected chi connectivity index (χ1v) is 9.60. The molecule has 0 amide bonds. The van der Waals surface area contributed by atoms with Crippen LogP contribution >= 0.6 is 23.2 Å². The Kier molecular flexibility index (Phi) is 5.26. The zero-order valence-electron chi connectivity index (χ0n) is 15.3. The van der Waals surface area contributed by atoms with Crippen molar-refractivity contribution in [1.82, 2.24) is 9.97 Å². The summed E-state index contributed by atoms with van der Waals surface area (Å²) in [5.41, 5.74) is 2.59. The number of halogens is 3. The first kappa shape index (κ1) is 19.4. The van der Waals surface area contributed by atoms with Gasteiger partial charge in [-0.15, -0.1) is 0 Å². The van der Waals surface area contributed by atoms with Crippen LogP contribution in [0.5, 0.6) is 5.75 Å². The van der Waals surface area contributed by atoms with E-state index in [-0.39, 0.29) is 5.75 Å². The molecule has 4 aromatic rings. The number of rotatable bonds is 4. The van der Waals surface area contributed by atoms with Gasteiger partial charge in [-0.1, -0.05) is 47.5 Å². The summed E-state index contributed by atoms with van der Waals surface area (Å²) < 4.78 is 13.3. The SMILES string of the molecule is Cc1cc(Cl)c(Cl)c(C(Nc2ccc(F)cn2)c2ccc3cccnc3c2O)c1. The van der Waals surface area contributed by atoms with Crippen LogP contribution in [0.15, 0.2) is 60.9 Å². The molecule has 1 atom stereocenters. The van der Waals surface area contributed by atoms with Gasteiger partial charge in [-0.2, -0.15) is 0 Å². The molecule has 146 valence electrons. The summed E-state index contributed by atoms with van der Waals surface area (Å²) >= 11 is 12.8. The van der Waals surface area contributed by atoms with Gasteiger partial charge in [0.1, 0.15) is 22.9 Å². The highest BCUT2D eigenvalue weighted by atomic mass is 35.5. The van der Waals surface area contributed by atoms with Gasteiger partial charge < -0.3 is 10.4 Å². The van der Waals surface area contributed by atoms with Gasteiger partial charge in [0.25, 0.3) is 0 Å². The number of aromatic nitrogens is 2. The lowest BCUT2D eigenvalue weighted by Crippen LogP contribution is -2.15. The molecule has 0 bridgehead atoms. The molecule has 0 spiro atoms. The van der Waals surface area contributed by atoms with Crippen molar-refractivity contribution in [3.05, 3.63) is 93.5 Å². The van der Waals surface area contributed by atoms with Crippen molar-refractivity contribution >= 4 is 39.9 Å². The summed E-state index contributed by atoms with van der Waals surface area (Å²) in [6, 6.07) is 13.2. The maximum atomic E-state index is 13.3. The number of phenolic OH excluding ortho intramolecular Hbond substituents is 1. The molecule has 0 aliphatic carbocycles. The Morgan fingerprint density at radius 1 is 1.03 bits per heavy atom. The number of aryl methyl sites for hydroxylation is 1. The van der Waals surface area contributed by atoms with Crippen molar-refractivity contribution in [3.63, 3.8) is 0 Å². The fourth-order valence-corrected chi connectivity index (χ4v) is 3.77. The summed E-state index contributed by atoms with van der Waals surface area (Å²) in [5, 5.41) is 15.8. The van der Waals surface area contributed by atoms with Crippen molar-refractivity contribution in [2.45, 2.75) is 13.0 Å². The molecule has 2 aromatic heterocycles. The van der Waals surface area contributed by atoms with Crippen LogP contribution in [-0.2, 0) is 0 Å². The van der Waals surface area contributed by atoms with E-state index in [1.165, 1.54) is 12.1 Å². The lowest BCUT2D eigenvalue weighted by atomic mass is 9.95. The number of phenols is 1. The largest absolute Gasteiger partial charge is 0.505 e. The predicted molar refractivity (Wildman–Crippen MR) is 114 cm³/mol. The van der Waals surface area contributed by atoms with E-state index >= 15 is 0 Å². The Morgan fingerprint density at radius 3 is 2.62 bits per heavy atom. The predicted octanol–water partition coefficient (Wildman–Crippen LogP) is 6.29. The Hall–Kier alpha value is -2.89. The third-order valence-corrected chi connectivity index (χ3v) is 5.44. The molecule has 7 heteroatoms. The maximum absolute atomic E-state index is 13.3. The van der Waals surface area contributed by atoms with Gasteiger partial charge in [0, 0.05) is 17.1 Å². The van der Waals surface area contributed by atoms with E-state index < -0.39 is 11.9 Å². The van der Waals surface area contributed by atoms with Crippen LogP contribution in [-0.4, -0.2) is 15.1 Å². The van der Waals surface area contributed by atoms with Gasteiger partial charge >= 0.3 is 0 Å². The quantitative estimate of drug-likeness (QED) is 0.401. The summed E-state index contributed by atoms with van der Waals surface area (Å²) in [4.78, 5) is 8.37. The van der Waals surface area contributed by atoms with Crippen LogP contribution in [0.1, 0.15) is 22.7 Å². The van der Waals surface area contributed by atoms with E-state index in [1.54, 1.807) is 24.4 Å². The number of nitrogens with zero attached hydrogens (tertiary/aromatic N) is 2. The van der Waals surface area contributed by atoms with Crippen molar-refractivity contribution in [2.75, 3.05) is 5.32 Å². The van der Waals surface area contributed by atoms with Crippen molar-refractivity contribution in [3.8, 4) is 5.75 Å². The summed E-state index contributed by atoms with van der Waals surface area (Å²) in [7, 11) is 0. The molecule has 0 aliphatic rings. The number of benzene rings is 2. The Balaban J connectivity index is 1.91. The molecule has 29 heavy (non-hydrogen) atoms. The van der Waals surface area contributed by atoms with E-state index in [4.69, 9.17) is 23.2 Å². The number of nitrogens with one attached hydrogen (secondary N) is 1. The van der Waals surface area contributed by atoms with Crippen LogP contribution in [0.2, 0.25) is 10.0 Å². The van der Waals surface area contributed by atoms with E-state index in [9.17, 15) is 9.50 Å². The number of pyridine rings is 2. The first-order chi connectivity index (χ1) is 13.9. The number of anilines is 1. The van der Waals surface area contributed by atoms with Gasteiger partial charge in [-0.3, -0.25) is 4.98 Å². The molecule has 0 saturated heterocycles. The Labute approximate surface area is 177 Å². The van der Waals surface area contributed by atoms with Crippen LogP contribution in [0.3, 0.4) is 0 Å². The van der Waals surface area contributed by atoms with E-state index in [1.807, 2.05) is 25.1 Å². The molecule has 4 rings (SSSR count). The number of hydrogen-bond acceptors (Lipinski definition) is 4. The third kappa shape index (κ3) is 3.84. The summed E-state index contributed by atoms with van der Waals surface area (Å²) in [5.74, 6) is 0.00325. The second-order valence-electron chi connectivity index (χ2n) is 6.67. The Morgan fingerprint density at radius 2 is 1.86 bits per heavy atom. The van der Waals surface area contributed by atoms with Crippen LogP contribution in [0.4, 0.5) is 10.2 Å². The van der Waals surface area contributed by atoms with E-state index in [0.29, 0.717) is 32.5 Å². The average Bonchev–Trinajstić information content (AvgIpc) is 2.71. The molecule has 0 fully saturated rings. The van der Waals surface area contributed by atoms with Gasteiger partial charge in [0.2, 0.25) is 0 Å². The standard InChI is InChI=1S/C22H16Cl2FN3O/c1-12-9-16(19(24)17(23)10-12)21(28-18-7-5-14(25)11-27-18)15-6-4-13-3-2-8-26-20(13)22(15)29/h2-11,21,29H,1H3,(H,27,28). The zero-order valence-corrected chi connectivity index (χ0v) is 16.8. The fourth-order valence-electron chi connectivity index (χ4n) is 3.27. The minimum atomic E-state index is -0.593. The monoisotopic (exact) mass is 427 g/mol. The lowest BCUT2D eigenvalue weighted by Gasteiger charge is -2.23. The van der Waals surface area contributed by atoms with Crippen LogP contribution < -0.4 is 5.32 Å². The second kappa shape index (κ2) is 7.85. The molecule has 4 nitrogen and oxygen atoms in total. The molecular formula is C22H16Cl2FN3O. The molecule has 0 aliphatic heterocycles. The highest BCUT2D eigenvalue weighted by Crippen LogP contribution is 2.40. The molecule has 2 N–H and O–H groups in total. The van der Waals surface area contributed by atoms with Gasteiger partial charge in [0.05, 0.1) is 22.3 Å². The highest BCUT2D eigenvalue weighted by molar-refractivity contribution is 6.42. The number of aromatic hydroxyl groups is 1. The molecular weight excluding hydrogens is 412 g/mol. The van der Waals surface area contributed by atoms with E-state index in [0.717, 1.165) is 17.1 Å². The minimum Gasteiger partial charge on any atom is -0.505 e.